The van der Waals surface area contributed by atoms with Gasteiger partial charge in [-0.3, -0.25) is 4.79 Å². The largest absolute Gasteiger partial charge is 0.353 e. The third-order valence-electron chi connectivity index (χ3n) is 4.28. The molecule has 1 atom stereocenters. The maximum Gasteiger partial charge on any atom is 0.223 e. The van der Waals surface area contributed by atoms with Crippen molar-refractivity contribution >= 4 is 5.91 Å². The van der Waals surface area contributed by atoms with Crippen molar-refractivity contribution in [3.8, 4) is 0 Å². The third-order valence-corrected chi connectivity index (χ3v) is 4.28. The van der Waals surface area contributed by atoms with E-state index in [-0.39, 0.29) is 5.92 Å². The average molecular weight is 224 g/mol. The van der Waals surface area contributed by atoms with Crippen LogP contribution in [0.15, 0.2) is 0 Å². The molecule has 0 aromatic rings. The Morgan fingerprint density at radius 3 is 2.50 bits per heavy atom. The van der Waals surface area contributed by atoms with Crippen LogP contribution in [-0.4, -0.2) is 25.0 Å². The summed E-state index contributed by atoms with van der Waals surface area (Å²) in [7, 11) is 0. The smallest absolute Gasteiger partial charge is 0.223 e. The molecule has 2 fully saturated rings. The minimum Gasteiger partial charge on any atom is -0.353 e. The molecule has 1 amide bonds. The number of rotatable bonds is 2. The number of carbonyl (C=O) groups is 1. The van der Waals surface area contributed by atoms with Crippen LogP contribution in [-0.2, 0) is 4.79 Å². The molecular weight excluding hydrogens is 200 g/mol. The highest BCUT2D eigenvalue weighted by Crippen LogP contribution is 2.37. The number of amides is 1. The molecule has 0 spiro atoms. The van der Waals surface area contributed by atoms with E-state index in [9.17, 15) is 4.79 Å². The van der Waals surface area contributed by atoms with Crippen LogP contribution in [0.2, 0.25) is 0 Å². The molecule has 3 heteroatoms. The van der Waals surface area contributed by atoms with Crippen molar-refractivity contribution in [1.29, 1.82) is 0 Å². The molecule has 0 aromatic heterocycles. The Morgan fingerprint density at radius 2 is 1.94 bits per heavy atom. The summed E-state index contributed by atoms with van der Waals surface area (Å²) in [6.45, 7) is 6.53. The van der Waals surface area contributed by atoms with Crippen molar-refractivity contribution in [2.45, 2.75) is 52.0 Å². The van der Waals surface area contributed by atoms with E-state index in [0.717, 1.165) is 32.4 Å². The van der Waals surface area contributed by atoms with Gasteiger partial charge in [0.05, 0.1) is 0 Å². The van der Waals surface area contributed by atoms with Gasteiger partial charge in [-0.2, -0.15) is 0 Å². The Morgan fingerprint density at radius 1 is 1.25 bits per heavy atom. The number of piperidine rings is 1. The minimum absolute atomic E-state index is 0.248. The minimum atomic E-state index is 0.248. The fraction of sp³-hybridized carbons (Fsp3) is 0.923. The van der Waals surface area contributed by atoms with E-state index in [1.165, 1.54) is 12.8 Å². The molecule has 1 unspecified atom stereocenters. The Labute approximate surface area is 98.4 Å². The van der Waals surface area contributed by atoms with Gasteiger partial charge in [-0.05, 0) is 44.2 Å². The predicted molar refractivity (Wildman–Crippen MR) is 65.2 cm³/mol. The van der Waals surface area contributed by atoms with Gasteiger partial charge in [-0.15, -0.1) is 0 Å². The van der Waals surface area contributed by atoms with E-state index >= 15 is 0 Å². The molecule has 2 aliphatic rings. The van der Waals surface area contributed by atoms with Gasteiger partial charge in [-0.1, -0.05) is 20.3 Å². The van der Waals surface area contributed by atoms with Gasteiger partial charge in [0, 0.05) is 12.0 Å². The number of hydrogen-bond donors (Lipinski definition) is 2. The number of carbonyl (C=O) groups excluding carboxylic acids is 1. The normalized spacial score (nSPS) is 30.2. The van der Waals surface area contributed by atoms with Gasteiger partial charge in [0.25, 0.3) is 0 Å². The van der Waals surface area contributed by atoms with E-state index in [1.807, 2.05) is 0 Å². The first-order valence-corrected chi connectivity index (χ1v) is 6.61. The summed E-state index contributed by atoms with van der Waals surface area (Å²) >= 11 is 0. The second-order valence-electron chi connectivity index (χ2n) is 5.97. The first-order chi connectivity index (χ1) is 7.59. The lowest BCUT2D eigenvalue weighted by atomic mass is 9.86. The number of hydrogen-bond acceptors (Lipinski definition) is 2. The van der Waals surface area contributed by atoms with E-state index in [1.54, 1.807) is 0 Å². The van der Waals surface area contributed by atoms with Crippen LogP contribution in [0, 0.1) is 11.3 Å². The van der Waals surface area contributed by atoms with Crippen LogP contribution in [0.5, 0.6) is 0 Å². The Kier molecular flexibility index (Phi) is 3.53. The van der Waals surface area contributed by atoms with Gasteiger partial charge < -0.3 is 10.6 Å². The SMILES string of the molecule is CC1(C)CCCC1NC(=O)C1CCNCC1. The van der Waals surface area contributed by atoms with E-state index in [4.69, 9.17) is 0 Å². The summed E-state index contributed by atoms with van der Waals surface area (Å²) < 4.78 is 0. The molecule has 1 heterocycles. The lowest BCUT2D eigenvalue weighted by Crippen LogP contribution is -2.46. The molecule has 1 saturated carbocycles. The molecular formula is C13H24N2O. The monoisotopic (exact) mass is 224 g/mol. The highest BCUT2D eigenvalue weighted by molar-refractivity contribution is 5.79. The lowest BCUT2D eigenvalue weighted by Gasteiger charge is -2.30. The molecule has 3 nitrogen and oxygen atoms in total. The van der Waals surface area contributed by atoms with Gasteiger partial charge in [0.1, 0.15) is 0 Å². The zero-order valence-electron chi connectivity index (χ0n) is 10.5. The maximum atomic E-state index is 12.1. The van der Waals surface area contributed by atoms with Crippen LogP contribution in [0.3, 0.4) is 0 Å². The summed E-state index contributed by atoms with van der Waals surface area (Å²) in [4.78, 5) is 12.1. The molecule has 1 aliphatic carbocycles. The van der Waals surface area contributed by atoms with Crippen LogP contribution in [0.1, 0.15) is 46.0 Å². The molecule has 1 saturated heterocycles. The molecule has 2 N–H and O–H groups in total. The van der Waals surface area contributed by atoms with Gasteiger partial charge in [-0.25, -0.2) is 0 Å². The van der Waals surface area contributed by atoms with Crippen molar-refractivity contribution < 1.29 is 4.79 Å². The Balaban J connectivity index is 1.86. The van der Waals surface area contributed by atoms with Gasteiger partial charge in [0.15, 0.2) is 0 Å². The van der Waals surface area contributed by atoms with Crippen molar-refractivity contribution in [3.63, 3.8) is 0 Å². The summed E-state index contributed by atoms with van der Waals surface area (Å²) in [6.07, 6.45) is 5.65. The van der Waals surface area contributed by atoms with Crippen LogP contribution in [0.25, 0.3) is 0 Å². The highest BCUT2D eigenvalue weighted by atomic mass is 16.2. The Hall–Kier alpha value is -0.570. The van der Waals surface area contributed by atoms with Crippen molar-refractivity contribution in [2.75, 3.05) is 13.1 Å². The highest BCUT2D eigenvalue weighted by Gasteiger charge is 2.36. The lowest BCUT2D eigenvalue weighted by molar-refractivity contribution is -0.127. The maximum absolute atomic E-state index is 12.1. The fourth-order valence-corrected chi connectivity index (χ4v) is 2.97. The molecule has 0 aromatic carbocycles. The van der Waals surface area contributed by atoms with Crippen molar-refractivity contribution in [2.24, 2.45) is 11.3 Å². The molecule has 92 valence electrons. The quantitative estimate of drug-likeness (QED) is 0.749. The van der Waals surface area contributed by atoms with Gasteiger partial charge >= 0.3 is 0 Å². The second kappa shape index (κ2) is 4.74. The zero-order chi connectivity index (χ0) is 11.6. The zero-order valence-corrected chi connectivity index (χ0v) is 10.5. The molecule has 16 heavy (non-hydrogen) atoms. The standard InChI is InChI=1S/C13H24N2O/c1-13(2)7-3-4-11(13)15-12(16)10-5-8-14-9-6-10/h10-11,14H,3-9H2,1-2H3,(H,15,16). The first-order valence-electron chi connectivity index (χ1n) is 6.61. The van der Waals surface area contributed by atoms with Crippen LogP contribution >= 0.6 is 0 Å². The van der Waals surface area contributed by atoms with Gasteiger partial charge in [0.2, 0.25) is 5.91 Å². The molecule has 2 rings (SSSR count). The summed E-state index contributed by atoms with van der Waals surface area (Å²) in [5.74, 6) is 0.541. The Bertz CT molecular complexity index is 257. The summed E-state index contributed by atoms with van der Waals surface area (Å²) in [6, 6.07) is 0.398. The predicted octanol–water partition coefficient (Wildman–Crippen LogP) is 1.68. The average Bonchev–Trinajstić information content (AvgIpc) is 2.59. The first kappa shape index (κ1) is 11.9. The van der Waals surface area contributed by atoms with Crippen molar-refractivity contribution in [3.05, 3.63) is 0 Å². The number of nitrogens with one attached hydrogen (secondary N) is 2. The molecule has 0 radical (unpaired) electrons. The van der Waals surface area contributed by atoms with Crippen molar-refractivity contribution in [1.82, 2.24) is 10.6 Å². The van der Waals surface area contributed by atoms with Crippen LogP contribution < -0.4 is 10.6 Å². The third kappa shape index (κ3) is 2.57. The summed E-state index contributed by atoms with van der Waals surface area (Å²) in [5.41, 5.74) is 0.294. The van der Waals surface area contributed by atoms with E-state index < -0.39 is 0 Å². The fourth-order valence-electron chi connectivity index (χ4n) is 2.97. The van der Waals surface area contributed by atoms with Crippen LogP contribution in [0.4, 0.5) is 0 Å². The topological polar surface area (TPSA) is 41.1 Å². The second-order valence-corrected chi connectivity index (χ2v) is 5.97. The molecule has 0 bridgehead atoms. The van der Waals surface area contributed by atoms with E-state index in [0.29, 0.717) is 17.4 Å². The summed E-state index contributed by atoms with van der Waals surface area (Å²) in [5, 5.41) is 6.57. The van der Waals surface area contributed by atoms with E-state index in [2.05, 4.69) is 24.5 Å². The molecule has 1 aliphatic heterocycles.